The third kappa shape index (κ3) is 10.1. The predicted molar refractivity (Wildman–Crippen MR) is 54.7 cm³/mol. The summed E-state index contributed by atoms with van der Waals surface area (Å²) in [6, 6.07) is 0. The van der Waals surface area contributed by atoms with Crippen molar-refractivity contribution < 1.29 is 63.2 Å². The molecular weight excluding hydrogens is 275 g/mol. The van der Waals surface area contributed by atoms with Gasteiger partial charge in [-0.2, -0.15) is 4.33 Å². The van der Waals surface area contributed by atoms with E-state index in [9.17, 15) is 14.8 Å². The van der Waals surface area contributed by atoms with E-state index in [1.807, 2.05) is 6.92 Å². The first-order chi connectivity index (χ1) is 8.15. The molecule has 0 aliphatic heterocycles. The second-order valence-corrected chi connectivity index (χ2v) is 3.67. The summed E-state index contributed by atoms with van der Waals surface area (Å²) in [6.45, 7) is 6.72. The van der Waals surface area contributed by atoms with Crippen molar-refractivity contribution in [3.05, 3.63) is 6.92 Å². The zero-order chi connectivity index (χ0) is 13.1. The van der Waals surface area contributed by atoms with E-state index >= 15 is 0 Å². The minimum Gasteiger partial charge on any atom is -0.691 e. The van der Waals surface area contributed by atoms with Crippen molar-refractivity contribution in [2.75, 3.05) is 13.2 Å². The Bertz CT molecular complexity index is 239. The van der Waals surface area contributed by atoms with Crippen molar-refractivity contribution in [1.29, 1.82) is 0 Å². The normalized spacial score (nSPS) is 11.3. The molecule has 0 aromatic carbocycles. The monoisotopic (exact) mass is 288 g/mol. The molecule has 98 valence electrons. The number of hydrogen-bond acceptors (Lipinski definition) is 8. The maximum Gasteiger partial charge on any atom is 1.00 e. The van der Waals surface area contributed by atoms with Crippen LogP contribution in [-0.2, 0) is 28.4 Å². The van der Waals surface area contributed by atoms with Crippen LogP contribution >= 0.6 is 12.0 Å². The summed E-state index contributed by atoms with van der Waals surface area (Å²) in [4.78, 5) is 22.5. The van der Waals surface area contributed by atoms with Gasteiger partial charge in [0.1, 0.15) is 5.25 Å². The summed E-state index contributed by atoms with van der Waals surface area (Å²) in [6.07, 6.45) is 0.309. The third-order valence-electron chi connectivity index (χ3n) is 1.49. The molecule has 1 unspecified atom stereocenters. The van der Waals surface area contributed by atoms with Gasteiger partial charge >= 0.3 is 41.5 Å². The van der Waals surface area contributed by atoms with Gasteiger partial charge in [-0.3, -0.25) is 14.6 Å². The summed E-state index contributed by atoms with van der Waals surface area (Å²) in [5.74, 6) is -1.39. The average Bonchev–Trinajstić information content (AvgIpc) is 2.31. The van der Waals surface area contributed by atoms with Gasteiger partial charge in [-0.1, -0.05) is 6.92 Å². The summed E-state index contributed by atoms with van der Waals surface area (Å²) in [5.41, 5.74) is 0. The molecule has 0 aliphatic carbocycles. The van der Waals surface area contributed by atoms with Crippen LogP contribution in [0.5, 0.6) is 0 Å². The van der Waals surface area contributed by atoms with Gasteiger partial charge in [0.2, 0.25) is 0 Å². The topological polar surface area (TPSA) is 94.1 Å². The fourth-order valence-corrected chi connectivity index (χ4v) is 1.30. The zero-order valence-corrected chi connectivity index (χ0v) is 13.1. The molecule has 0 N–H and O–H groups in total. The van der Waals surface area contributed by atoms with Crippen LogP contribution in [0.1, 0.15) is 19.8 Å². The summed E-state index contributed by atoms with van der Waals surface area (Å²) in [7, 11) is 0. The van der Waals surface area contributed by atoms with Crippen LogP contribution in [0.25, 0.3) is 0 Å². The van der Waals surface area contributed by atoms with Gasteiger partial charge in [0, 0.05) is 19.0 Å². The largest absolute Gasteiger partial charge is 1.00 e. The molecule has 0 aromatic heterocycles. The van der Waals surface area contributed by atoms with E-state index in [4.69, 9.17) is 11.7 Å². The van der Waals surface area contributed by atoms with E-state index in [-0.39, 0.29) is 49.2 Å². The van der Waals surface area contributed by atoms with Crippen molar-refractivity contribution in [3.63, 3.8) is 0 Å². The molecule has 0 heterocycles. The Labute approximate surface area is 132 Å². The van der Waals surface area contributed by atoms with Crippen LogP contribution in [0.2, 0.25) is 0 Å². The van der Waals surface area contributed by atoms with Gasteiger partial charge in [-0.05, 0) is 6.42 Å². The third-order valence-corrected chi connectivity index (χ3v) is 2.22. The smallest absolute Gasteiger partial charge is 0.691 e. The molecule has 0 fully saturated rings. The van der Waals surface area contributed by atoms with Crippen LogP contribution in [0.4, 0.5) is 0 Å². The SMILES string of the molecule is [CH]COC(=O)CC(SOO[O-])C(=O)OCCC.[Na+]. The van der Waals surface area contributed by atoms with E-state index in [2.05, 4.69) is 14.1 Å². The summed E-state index contributed by atoms with van der Waals surface area (Å²) < 4.78 is 13.2. The second-order valence-electron chi connectivity index (χ2n) is 2.78. The quantitative estimate of drug-likeness (QED) is 0.144. The first-order valence-corrected chi connectivity index (χ1v) is 5.60. The minimum atomic E-state index is -1.03. The molecule has 0 bridgehead atoms. The Hall–Kier alpha value is 0.170. The summed E-state index contributed by atoms with van der Waals surface area (Å²) >= 11 is 0.383. The molecule has 7 nitrogen and oxygen atoms in total. The van der Waals surface area contributed by atoms with Crippen molar-refractivity contribution in [3.8, 4) is 0 Å². The molecule has 2 radical (unpaired) electrons. The number of rotatable bonds is 9. The van der Waals surface area contributed by atoms with Crippen LogP contribution in [0.3, 0.4) is 0 Å². The van der Waals surface area contributed by atoms with E-state index in [0.717, 1.165) is 0 Å². The maximum atomic E-state index is 11.4. The molecule has 9 heteroatoms. The van der Waals surface area contributed by atoms with Gasteiger partial charge in [0.05, 0.1) is 19.6 Å². The Morgan fingerprint density at radius 2 is 2.06 bits per heavy atom. The molecule has 0 amide bonds. The van der Waals surface area contributed by atoms with Crippen molar-refractivity contribution in [2.45, 2.75) is 25.0 Å². The molecule has 1 atom stereocenters. The van der Waals surface area contributed by atoms with Gasteiger partial charge < -0.3 is 14.7 Å². The van der Waals surface area contributed by atoms with Crippen LogP contribution in [-0.4, -0.2) is 30.4 Å². The first kappa shape index (κ1) is 20.5. The zero-order valence-electron chi connectivity index (χ0n) is 10.2. The number of carbonyl (C=O) groups excluding carboxylic acids is 2. The Morgan fingerprint density at radius 3 is 2.56 bits per heavy atom. The Balaban J connectivity index is 0. The van der Waals surface area contributed by atoms with Crippen LogP contribution < -0.4 is 34.8 Å². The second kappa shape index (κ2) is 13.6. The Morgan fingerprint density at radius 1 is 1.39 bits per heavy atom. The molecule has 0 aliphatic rings. The number of hydrogen-bond donors (Lipinski definition) is 0. The van der Waals surface area contributed by atoms with Crippen molar-refractivity contribution >= 4 is 24.0 Å². The number of carbonyl (C=O) groups is 2. The molecule has 0 rings (SSSR count). The summed E-state index contributed by atoms with van der Waals surface area (Å²) in [5, 5.41) is 11.7. The molecule has 0 aromatic rings. The molecule has 18 heavy (non-hydrogen) atoms. The molecule has 0 spiro atoms. The fourth-order valence-electron chi connectivity index (χ4n) is 0.819. The van der Waals surface area contributed by atoms with Gasteiger partial charge in [0.15, 0.2) is 0 Å². The van der Waals surface area contributed by atoms with Crippen molar-refractivity contribution in [1.82, 2.24) is 0 Å². The maximum absolute atomic E-state index is 11.4. The molecule has 0 saturated carbocycles. The van der Waals surface area contributed by atoms with Crippen molar-refractivity contribution in [2.24, 2.45) is 0 Å². The standard InChI is InChI=1S/C9H14O7S.Na/c1-3-5-14-9(11)7(17-16-15-12)6-8(10)13-4-2;/h2,7,12H,3-6H2,1H3;/q;+1/p-1. The van der Waals surface area contributed by atoms with Gasteiger partial charge in [-0.15, -0.1) is 0 Å². The number of esters is 2. The van der Waals surface area contributed by atoms with Crippen LogP contribution in [0, 0.1) is 6.92 Å². The first-order valence-electron chi connectivity index (χ1n) is 4.80. The predicted octanol–water partition coefficient (Wildman–Crippen LogP) is -3.17. The molecular formula is C9H13NaO7S. The van der Waals surface area contributed by atoms with E-state index in [1.165, 1.54) is 0 Å². The Kier molecular flexibility index (Phi) is 15.5. The average molecular weight is 288 g/mol. The van der Waals surface area contributed by atoms with Gasteiger partial charge in [0.25, 0.3) is 0 Å². The van der Waals surface area contributed by atoms with E-state index in [0.29, 0.717) is 18.5 Å². The van der Waals surface area contributed by atoms with Crippen LogP contribution in [0.15, 0.2) is 0 Å². The fraction of sp³-hybridized carbons (Fsp3) is 0.667. The van der Waals surface area contributed by atoms with E-state index in [1.54, 1.807) is 0 Å². The minimum absolute atomic E-state index is 0. The van der Waals surface area contributed by atoms with E-state index < -0.39 is 17.2 Å². The number of ether oxygens (including phenoxy) is 2. The molecule has 0 saturated heterocycles. The van der Waals surface area contributed by atoms with Gasteiger partial charge in [-0.25, -0.2) is 0 Å².